The first-order chi connectivity index (χ1) is 12.8. The standard InChI is InChI=1S/C23H20N2S/c1-2-3-14-25-20-10-6-4-8-17(20)18-15-16(12-13-21(18)25)23-24-19-9-5-7-11-22(19)26-23/h4-13,15H,2-3,14H2,1H3. The Balaban J connectivity index is 1.73. The summed E-state index contributed by atoms with van der Waals surface area (Å²) in [6.45, 7) is 3.32. The van der Waals surface area contributed by atoms with Gasteiger partial charge in [-0.1, -0.05) is 43.7 Å². The summed E-state index contributed by atoms with van der Waals surface area (Å²) in [4.78, 5) is 4.84. The molecule has 0 radical (unpaired) electrons. The molecule has 2 heterocycles. The van der Waals surface area contributed by atoms with Crippen LogP contribution in [-0.4, -0.2) is 9.55 Å². The van der Waals surface area contributed by atoms with E-state index in [1.165, 1.54) is 44.9 Å². The Morgan fingerprint density at radius 2 is 1.69 bits per heavy atom. The zero-order chi connectivity index (χ0) is 17.5. The number of thiazole rings is 1. The van der Waals surface area contributed by atoms with Gasteiger partial charge in [0, 0.05) is 33.9 Å². The fourth-order valence-corrected chi connectivity index (χ4v) is 4.70. The van der Waals surface area contributed by atoms with E-state index in [4.69, 9.17) is 4.98 Å². The van der Waals surface area contributed by atoms with Crippen molar-refractivity contribution in [3.8, 4) is 10.6 Å². The minimum atomic E-state index is 1.07. The van der Waals surface area contributed by atoms with Gasteiger partial charge in [-0.15, -0.1) is 11.3 Å². The van der Waals surface area contributed by atoms with E-state index in [1.54, 1.807) is 11.3 Å². The minimum Gasteiger partial charge on any atom is -0.340 e. The van der Waals surface area contributed by atoms with Gasteiger partial charge in [0.25, 0.3) is 0 Å². The molecule has 0 aliphatic carbocycles. The maximum Gasteiger partial charge on any atom is 0.124 e. The van der Waals surface area contributed by atoms with Crippen molar-refractivity contribution >= 4 is 43.4 Å². The van der Waals surface area contributed by atoms with Crippen LogP contribution in [0.2, 0.25) is 0 Å². The third-order valence-electron chi connectivity index (χ3n) is 5.05. The van der Waals surface area contributed by atoms with E-state index in [9.17, 15) is 0 Å². The van der Waals surface area contributed by atoms with Gasteiger partial charge >= 0.3 is 0 Å². The zero-order valence-electron chi connectivity index (χ0n) is 14.8. The Morgan fingerprint density at radius 1 is 0.885 bits per heavy atom. The van der Waals surface area contributed by atoms with E-state index in [0.717, 1.165) is 17.1 Å². The molecule has 3 aromatic carbocycles. The number of aryl methyl sites for hydroxylation is 1. The van der Waals surface area contributed by atoms with E-state index < -0.39 is 0 Å². The van der Waals surface area contributed by atoms with Gasteiger partial charge < -0.3 is 4.57 Å². The quantitative estimate of drug-likeness (QED) is 0.343. The van der Waals surface area contributed by atoms with Crippen molar-refractivity contribution in [3.63, 3.8) is 0 Å². The van der Waals surface area contributed by atoms with Gasteiger partial charge in [-0.2, -0.15) is 0 Å². The van der Waals surface area contributed by atoms with E-state index in [0.29, 0.717) is 0 Å². The lowest BCUT2D eigenvalue weighted by Gasteiger charge is -2.06. The van der Waals surface area contributed by atoms with Crippen molar-refractivity contribution < 1.29 is 0 Å². The van der Waals surface area contributed by atoms with Gasteiger partial charge in [0.05, 0.1) is 10.2 Å². The molecule has 3 heteroatoms. The number of benzene rings is 3. The summed E-state index contributed by atoms with van der Waals surface area (Å²) in [6, 6.07) is 23.9. The highest BCUT2D eigenvalue weighted by Gasteiger charge is 2.12. The third-order valence-corrected chi connectivity index (χ3v) is 6.13. The van der Waals surface area contributed by atoms with E-state index in [1.807, 2.05) is 0 Å². The summed E-state index contributed by atoms with van der Waals surface area (Å²) in [6.07, 6.45) is 2.41. The Kier molecular flexibility index (Phi) is 3.75. The van der Waals surface area contributed by atoms with Gasteiger partial charge in [0.1, 0.15) is 5.01 Å². The first kappa shape index (κ1) is 15.6. The SMILES string of the molecule is CCCCn1c2ccccc2c2cc(-c3nc4ccccc4s3)ccc21. The van der Waals surface area contributed by atoms with Crippen LogP contribution in [0.3, 0.4) is 0 Å². The van der Waals surface area contributed by atoms with Crippen molar-refractivity contribution in [1.82, 2.24) is 9.55 Å². The molecule has 0 saturated carbocycles. The molecule has 0 aliphatic rings. The van der Waals surface area contributed by atoms with Gasteiger partial charge in [-0.3, -0.25) is 0 Å². The van der Waals surface area contributed by atoms with Crippen LogP contribution in [0, 0.1) is 0 Å². The van der Waals surface area contributed by atoms with Crippen LogP contribution in [0.15, 0.2) is 66.7 Å². The van der Waals surface area contributed by atoms with Crippen LogP contribution in [0.4, 0.5) is 0 Å². The van der Waals surface area contributed by atoms with Crippen LogP contribution in [0.25, 0.3) is 42.6 Å². The predicted molar refractivity (Wildman–Crippen MR) is 113 cm³/mol. The van der Waals surface area contributed by atoms with Gasteiger partial charge in [0.15, 0.2) is 0 Å². The third kappa shape index (κ3) is 2.43. The van der Waals surface area contributed by atoms with Crippen molar-refractivity contribution in [2.75, 3.05) is 0 Å². The zero-order valence-corrected chi connectivity index (χ0v) is 15.6. The molecule has 0 fully saturated rings. The highest BCUT2D eigenvalue weighted by molar-refractivity contribution is 7.21. The number of aromatic nitrogens is 2. The fourth-order valence-electron chi connectivity index (χ4n) is 3.74. The molecule has 0 saturated heterocycles. The monoisotopic (exact) mass is 356 g/mol. The molecule has 0 atom stereocenters. The lowest BCUT2D eigenvalue weighted by Crippen LogP contribution is -1.96. The van der Waals surface area contributed by atoms with Crippen LogP contribution >= 0.6 is 11.3 Å². The maximum absolute atomic E-state index is 4.84. The average Bonchev–Trinajstić information content (AvgIpc) is 3.25. The smallest absolute Gasteiger partial charge is 0.124 e. The molecule has 128 valence electrons. The van der Waals surface area contributed by atoms with Gasteiger partial charge in [-0.05, 0) is 42.8 Å². The van der Waals surface area contributed by atoms with Crippen LogP contribution < -0.4 is 0 Å². The van der Waals surface area contributed by atoms with E-state index in [2.05, 4.69) is 78.2 Å². The van der Waals surface area contributed by atoms with Crippen LogP contribution in [0.1, 0.15) is 19.8 Å². The van der Waals surface area contributed by atoms with Crippen molar-refractivity contribution in [2.45, 2.75) is 26.3 Å². The van der Waals surface area contributed by atoms with Gasteiger partial charge in [-0.25, -0.2) is 4.98 Å². The minimum absolute atomic E-state index is 1.07. The summed E-state index contributed by atoms with van der Waals surface area (Å²) in [5.74, 6) is 0. The van der Waals surface area contributed by atoms with Crippen molar-refractivity contribution in [1.29, 1.82) is 0 Å². The second-order valence-electron chi connectivity index (χ2n) is 6.74. The summed E-state index contributed by atoms with van der Waals surface area (Å²) in [5, 5.41) is 3.76. The number of hydrogen-bond acceptors (Lipinski definition) is 2. The molecule has 0 unspecified atom stereocenters. The first-order valence-corrected chi connectivity index (χ1v) is 10.0. The molecule has 5 rings (SSSR count). The fraction of sp³-hybridized carbons (Fsp3) is 0.174. The van der Waals surface area contributed by atoms with Gasteiger partial charge in [0.2, 0.25) is 0 Å². The molecule has 26 heavy (non-hydrogen) atoms. The molecule has 2 nitrogen and oxygen atoms in total. The van der Waals surface area contributed by atoms with E-state index in [-0.39, 0.29) is 0 Å². The number of nitrogens with zero attached hydrogens (tertiary/aromatic N) is 2. The predicted octanol–water partition coefficient (Wildman–Crippen LogP) is 6.87. The molecule has 0 N–H and O–H groups in total. The second-order valence-corrected chi connectivity index (χ2v) is 7.77. The highest BCUT2D eigenvalue weighted by atomic mass is 32.1. The van der Waals surface area contributed by atoms with Crippen molar-refractivity contribution in [3.05, 3.63) is 66.7 Å². The number of para-hydroxylation sites is 2. The summed E-state index contributed by atoms with van der Waals surface area (Å²) >= 11 is 1.77. The molecule has 5 aromatic rings. The molecule has 2 aromatic heterocycles. The molecule has 0 aliphatic heterocycles. The molecule has 0 amide bonds. The average molecular weight is 356 g/mol. The number of unbranched alkanes of at least 4 members (excludes halogenated alkanes) is 1. The first-order valence-electron chi connectivity index (χ1n) is 9.22. The van der Waals surface area contributed by atoms with Crippen LogP contribution in [-0.2, 0) is 6.54 Å². The number of fused-ring (bicyclic) bond motifs is 4. The molecular weight excluding hydrogens is 336 g/mol. The highest BCUT2D eigenvalue weighted by Crippen LogP contribution is 2.35. The second kappa shape index (κ2) is 6.26. The van der Waals surface area contributed by atoms with Crippen LogP contribution in [0.5, 0.6) is 0 Å². The lowest BCUT2D eigenvalue weighted by atomic mass is 10.1. The lowest BCUT2D eigenvalue weighted by molar-refractivity contribution is 0.665. The summed E-state index contributed by atoms with van der Waals surface area (Å²) in [5.41, 5.74) is 4.94. The normalized spacial score (nSPS) is 11.7. The Labute approximate surface area is 156 Å². The largest absolute Gasteiger partial charge is 0.340 e. The summed E-state index contributed by atoms with van der Waals surface area (Å²) in [7, 11) is 0. The molecule has 0 bridgehead atoms. The summed E-state index contributed by atoms with van der Waals surface area (Å²) < 4.78 is 3.71. The topological polar surface area (TPSA) is 17.8 Å². The number of hydrogen-bond donors (Lipinski definition) is 0. The Hall–Kier alpha value is -2.65. The molecule has 0 spiro atoms. The Bertz CT molecular complexity index is 1200. The Morgan fingerprint density at radius 3 is 2.58 bits per heavy atom. The number of rotatable bonds is 4. The van der Waals surface area contributed by atoms with Crippen molar-refractivity contribution in [2.24, 2.45) is 0 Å². The van der Waals surface area contributed by atoms with E-state index >= 15 is 0 Å². The maximum atomic E-state index is 4.84. The molecular formula is C23H20N2S.